The van der Waals surface area contributed by atoms with Gasteiger partial charge in [-0.3, -0.25) is 0 Å². The summed E-state index contributed by atoms with van der Waals surface area (Å²) in [5, 5.41) is 33.1. The van der Waals surface area contributed by atoms with Crippen LogP contribution in [0.4, 0.5) is 0 Å². The minimum atomic E-state index is -0.360. The van der Waals surface area contributed by atoms with E-state index in [1.165, 1.54) is 54.9 Å². The Bertz CT molecular complexity index is 1580. The molecule has 0 unspecified atom stereocenters. The molecule has 0 aromatic heterocycles. The van der Waals surface area contributed by atoms with Crippen molar-refractivity contribution in [1.82, 2.24) is 0 Å². The zero-order valence-electron chi connectivity index (χ0n) is 25.1. The van der Waals surface area contributed by atoms with Gasteiger partial charge in [-0.25, -0.2) is 0 Å². The van der Waals surface area contributed by atoms with Crippen LogP contribution in [0.15, 0.2) is 133 Å². The predicted molar refractivity (Wildman–Crippen MR) is 185 cm³/mol. The summed E-state index contributed by atoms with van der Waals surface area (Å²) in [4.78, 5) is 0. The number of rotatable bonds is 2. The minimum absolute atomic E-state index is 0. The quantitative estimate of drug-likeness (QED) is 0.144. The van der Waals surface area contributed by atoms with Crippen LogP contribution >= 0.6 is 0 Å². The molecule has 4 N–H and O–H groups in total. The summed E-state index contributed by atoms with van der Waals surface area (Å²) in [5.41, 5.74) is 7.64. The first-order chi connectivity index (χ1) is 20.4. The molecule has 0 fully saturated rings. The van der Waals surface area contributed by atoms with Crippen LogP contribution in [0.3, 0.4) is 0 Å². The van der Waals surface area contributed by atoms with Crippen LogP contribution in [0.25, 0.3) is 32.7 Å². The van der Waals surface area contributed by atoms with E-state index in [-0.39, 0.29) is 85.7 Å². The largest absolute Gasteiger partial charge is 0.400 e. The molecule has 2 radical (unpaired) electrons. The fourth-order valence-corrected chi connectivity index (χ4v) is 5.87. The number of hydrogen-bond donors (Lipinski definition) is 4. The number of aliphatic hydroxyl groups is 4. The van der Waals surface area contributed by atoms with Gasteiger partial charge in [0.1, 0.15) is 0 Å². The van der Waals surface area contributed by atoms with Crippen molar-refractivity contribution >= 4 is 21.5 Å². The second kappa shape index (κ2) is 22.4. The summed E-state index contributed by atoms with van der Waals surface area (Å²) in [6.07, 6.45) is 0. The van der Waals surface area contributed by atoms with Gasteiger partial charge in [-0.2, -0.15) is 0 Å². The molecule has 1 aliphatic rings. The van der Waals surface area contributed by atoms with E-state index in [1.807, 2.05) is 0 Å². The van der Waals surface area contributed by atoms with E-state index in [0.29, 0.717) is 0 Å². The van der Waals surface area contributed by atoms with Crippen molar-refractivity contribution < 1.29 is 85.8 Å². The van der Waals surface area contributed by atoms with Gasteiger partial charge in [-0.15, -0.1) is 0 Å². The number of fused-ring (bicyclic) bond motifs is 5. The molecule has 0 bridgehead atoms. The van der Waals surface area contributed by atoms with E-state index in [9.17, 15) is 0 Å². The third kappa shape index (κ3) is 8.63. The summed E-state index contributed by atoms with van der Waals surface area (Å²) < 4.78 is 0. The van der Waals surface area contributed by atoms with Crippen molar-refractivity contribution in [1.29, 1.82) is 0 Å². The molecule has 0 saturated heterocycles. The topological polar surface area (TPSA) is 80.9 Å². The summed E-state index contributed by atoms with van der Waals surface area (Å²) >= 11 is 0. The van der Waals surface area contributed by atoms with Gasteiger partial charge < -0.3 is 20.4 Å². The summed E-state index contributed by atoms with van der Waals surface area (Å²) in [6.45, 7) is 0. The molecule has 45 heavy (non-hydrogen) atoms. The van der Waals surface area contributed by atoms with E-state index < -0.39 is 0 Å². The van der Waals surface area contributed by atoms with E-state index in [0.717, 1.165) is 28.4 Å². The molecule has 0 spiro atoms. The van der Waals surface area contributed by atoms with Crippen molar-refractivity contribution in [3.05, 3.63) is 156 Å². The normalized spacial score (nSPS) is 10.6. The molecule has 6 aromatic rings. The molecule has 0 aliphatic heterocycles. The Balaban J connectivity index is 0. The van der Waals surface area contributed by atoms with Gasteiger partial charge in [0, 0.05) is 93.9 Å². The van der Waals surface area contributed by atoms with Gasteiger partial charge in [0.25, 0.3) is 0 Å². The van der Waals surface area contributed by atoms with Crippen molar-refractivity contribution in [2.75, 3.05) is 28.4 Å². The first-order valence-corrected chi connectivity index (χ1v) is 13.3. The van der Waals surface area contributed by atoms with Crippen LogP contribution in [0.2, 0.25) is 0 Å². The second-order valence-electron chi connectivity index (χ2n) is 8.97. The molecule has 0 saturated carbocycles. The first kappa shape index (κ1) is 45.0. The third-order valence-corrected chi connectivity index (χ3v) is 7.32. The van der Waals surface area contributed by atoms with Crippen LogP contribution in [0, 0.1) is 0 Å². The molecule has 232 valence electrons. The van der Waals surface area contributed by atoms with Crippen LogP contribution < -0.4 is 0 Å². The maximum atomic E-state index is 7.00. The van der Waals surface area contributed by atoms with Gasteiger partial charge in [-0.1, -0.05) is 136 Å². The Morgan fingerprint density at radius 3 is 1.00 bits per heavy atom. The maximum Gasteiger partial charge on any atom is 0.0714 e. The second-order valence-corrected chi connectivity index (χ2v) is 8.97. The van der Waals surface area contributed by atoms with E-state index in [1.54, 1.807) is 0 Å². The van der Waals surface area contributed by atoms with E-state index in [4.69, 9.17) is 20.4 Å². The van der Waals surface area contributed by atoms with Crippen LogP contribution in [0.5, 0.6) is 0 Å². The Hall–Kier alpha value is -2.11. The molecule has 6 aromatic carbocycles. The molecular weight excluding hydrogens is 710 g/mol. The fraction of sp³-hybridized carbons (Fsp3) is 0.179. The van der Waals surface area contributed by atoms with Gasteiger partial charge in [0.05, 0.1) is 5.41 Å². The summed E-state index contributed by atoms with van der Waals surface area (Å²) in [6, 6.07) is 49.2. The first-order valence-electron chi connectivity index (χ1n) is 13.3. The number of hydrogen-bond acceptors (Lipinski definition) is 4. The molecule has 0 heterocycles. The zero-order valence-corrected chi connectivity index (χ0v) is 30.8. The number of benzene rings is 6. The average Bonchev–Trinajstić information content (AvgIpc) is 3.39. The standard InChI is InChI=1S/C33H22.4CH4O.2CH4.2Y/c1-3-11-25-21-27(19-17-23(25)9-1)33(28-20-18-24-10-2-4-12-26(24)22-28)31-15-7-5-13-29(31)30-14-6-8-16-32(30)33;4*1-2;;;;/h1-22H;4*2H,1H3;2*1H4;;. The zero-order chi connectivity index (χ0) is 29.8. The van der Waals surface area contributed by atoms with Gasteiger partial charge in [-0.05, 0) is 67.1 Å². The van der Waals surface area contributed by atoms with E-state index >= 15 is 0 Å². The summed E-state index contributed by atoms with van der Waals surface area (Å²) in [7, 11) is 4.00. The molecule has 0 amide bonds. The molecule has 1 aliphatic carbocycles. The Labute approximate surface area is 319 Å². The van der Waals surface area contributed by atoms with Gasteiger partial charge in [0.2, 0.25) is 0 Å². The smallest absolute Gasteiger partial charge is 0.0714 e. The number of aliphatic hydroxyl groups excluding tert-OH is 4. The Morgan fingerprint density at radius 2 is 0.644 bits per heavy atom. The van der Waals surface area contributed by atoms with Gasteiger partial charge >= 0.3 is 0 Å². The van der Waals surface area contributed by atoms with Crippen LogP contribution in [-0.4, -0.2) is 48.9 Å². The average molecular weight is 757 g/mol. The molecule has 7 rings (SSSR count). The van der Waals surface area contributed by atoms with Crippen molar-refractivity contribution in [2.45, 2.75) is 20.3 Å². The fourth-order valence-electron chi connectivity index (χ4n) is 5.87. The minimum Gasteiger partial charge on any atom is -0.400 e. The molecule has 0 atom stereocenters. The van der Waals surface area contributed by atoms with Crippen LogP contribution in [-0.2, 0) is 70.8 Å². The maximum absolute atomic E-state index is 7.00. The van der Waals surface area contributed by atoms with E-state index in [2.05, 4.69) is 133 Å². The Morgan fingerprint density at radius 1 is 0.356 bits per heavy atom. The van der Waals surface area contributed by atoms with Gasteiger partial charge in [0.15, 0.2) is 0 Å². The predicted octanol–water partition coefficient (Wildman–Crippen LogP) is 8.06. The van der Waals surface area contributed by atoms with Crippen molar-refractivity contribution in [3.63, 3.8) is 0 Å². The molecule has 6 heteroatoms. The van der Waals surface area contributed by atoms with Crippen molar-refractivity contribution in [3.8, 4) is 11.1 Å². The SMILES string of the molecule is C.C.CO.CO.CO.CO.[Y].[Y].c1ccc2c(c1)-c1ccccc1C2(c1ccc2ccccc2c1)c1ccc2ccccc2c1. The monoisotopic (exact) mass is 756 g/mol. The third-order valence-electron chi connectivity index (χ3n) is 7.32. The molecule has 4 nitrogen and oxygen atoms in total. The molecular formula is C39H46O4Y2. The van der Waals surface area contributed by atoms with Crippen molar-refractivity contribution in [2.24, 2.45) is 0 Å². The van der Waals surface area contributed by atoms with Crippen LogP contribution in [0.1, 0.15) is 37.1 Å². The Kier molecular flexibility index (Phi) is 22.4. The summed E-state index contributed by atoms with van der Waals surface area (Å²) in [5.74, 6) is 0.